The molecular formula is C24H30NO6S+. The lowest BCUT2D eigenvalue weighted by atomic mass is 9.80. The number of aryl methyl sites for hydroxylation is 1. The smallest absolute Gasteiger partial charge is 0.265 e. The largest absolute Gasteiger partial charge is 0.507 e. The van der Waals surface area contributed by atoms with Gasteiger partial charge in [-0.05, 0) is 32.9 Å². The van der Waals surface area contributed by atoms with Gasteiger partial charge >= 0.3 is 0 Å². The summed E-state index contributed by atoms with van der Waals surface area (Å²) in [5.74, 6) is 0.677. The van der Waals surface area contributed by atoms with Crippen LogP contribution in [0.4, 0.5) is 5.69 Å². The Hall–Kier alpha value is -2.84. The summed E-state index contributed by atoms with van der Waals surface area (Å²) < 4.78 is 44.3. The van der Waals surface area contributed by atoms with Crippen molar-refractivity contribution in [2.45, 2.75) is 32.6 Å². The van der Waals surface area contributed by atoms with Gasteiger partial charge in [0.25, 0.3) is 10.1 Å². The van der Waals surface area contributed by atoms with Gasteiger partial charge in [0.1, 0.15) is 23.8 Å². The lowest BCUT2D eigenvalue weighted by molar-refractivity contribution is -0.437. The zero-order valence-corrected chi connectivity index (χ0v) is 19.9. The van der Waals surface area contributed by atoms with E-state index in [9.17, 15) is 13.5 Å². The van der Waals surface area contributed by atoms with E-state index in [1.807, 2.05) is 25.1 Å². The van der Waals surface area contributed by atoms with Gasteiger partial charge in [0.2, 0.25) is 5.69 Å². The average molecular weight is 461 g/mol. The van der Waals surface area contributed by atoms with Gasteiger partial charge in [0.05, 0.1) is 31.0 Å². The Labute approximate surface area is 189 Å². The minimum Gasteiger partial charge on any atom is -0.507 e. The fourth-order valence-electron chi connectivity index (χ4n) is 4.14. The molecule has 8 heteroatoms. The van der Waals surface area contributed by atoms with Gasteiger partial charge in [-0.2, -0.15) is 13.0 Å². The molecule has 172 valence electrons. The predicted octanol–water partition coefficient (Wildman–Crippen LogP) is 4.09. The van der Waals surface area contributed by atoms with Gasteiger partial charge in [0.15, 0.2) is 5.71 Å². The van der Waals surface area contributed by atoms with Crippen molar-refractivity contribution in [1.82, 2.24) is 0 Å². The molecule has 0 saturated carbocycles. The zero-order chi connectivity index (χ0) is 23.7. The summed E-state index contributed by atoms with van der Waals surface area (Å²) in [6, 6.07) is 9.42. The first kappa shape index (κ1) is 23.8. The molecule has 3 rings (SSSR count). The first-order valence-electron chi connectivity index (χ1n) is 10.3. The topological polar surface area (TPSA) is 96.1 Å². The van der Waals surface area contributed by atoms with Crippen molar-refractivity contribution in [1.29, 1.82) is 0 Å². The van der Waals surface area contributed by atoms with Crippen molar-refractivity contribution >= 4 is 27.6 Å². The Morgan fingerprint density at radius 1 is 1.09 bits per heavy atom. The van der Waals surface area contributed by atoms with Crippen molar-refractivity contribution in [3.05, 3.63) is 53.1 Å². The highest BCUT2D eigenvalue weighted by Crippen LogP contribution is 2.41. The second-order valence-corrected chi connectivity index (χ2v) is 9.99. The Morgan fingerprint density at radius 2 is 1.81 bits per heavy atom. The van der Waals surface area contributed by atoms with E-state index in [1.165, 1.54) is 20.3 Å². The summed E-state index contributed by atoms with van der Waals surface area (Å²) in [4.78, 5) is 0. The molecule has 0 unspecified atom stereocenters. The zero-order valence-electron chi connectivity index (χ0n) is 19.0. The van der Waals surface area contributed by atoms with E-state index in [0.717, 1.165) is 22.5 Å². The van der Waals surface area contributed by atoms with Crippen LogP contribution in [0.3, 0.4) is 0 Å². The number of fused-ring (bicyclic) bond motifs is 1. The molecule has 0 bridgehead atoms. The number of allylic oxidation sites excluding steroid dienone is 1. The number of phenols is 1. The third-order valence-electron chi connectivity index (χ3n) is 5.79. The lowest BCUT2D eigenvalue weighted by Gasteiger charge is -2.16. The molecule has 0 spiro atoms. The molecule has 0 radical (unpaired) electrons. The van der Waals surface area contributed by atoms with Gasteiger partial charge in [-0.1, -0.05) is 11.6 Å². The van der Waals surface area contributed by atoms with Crippen molar-refractivity contribution in [2.24, 2.45) is 0 Å². The number of benzene rings is 2. The SMILES string of the molecule is COc1cc(O)c(/C=C/C2=[N+](CCCS(=O)(=O)O)c3ccc(C)cc3C2(C)C)c(OC)c1. The summed E-state index contributed by atoms with van der Waals surface area (Å²) in [6.45, 7) is 6.68. The Balaban J connectivity index is 2.09. The number of rotatable bonds is 8. The summed E-state index contributed by atoms with van der Waals surface area (Å²) in [7, 11) is -0.994. The van der Waals surface area contributed by atoms with E-state index in [0.29, 0.717) is 23.6 Å². The number of hydrogen-bond acceptors (Lipinski definition) is 5. The fraction of sp³-hybridized carbons (Fsp3) is 0.375. The molecular weight excluding hydrogens is 430 g/mol. The van der Waals surface area contributed by atoms with Gasteiger partial charge in [-0.3, -0.25) is 4.55 Å². The van der Waals surface area contributed by atoms with Crippen LogP contribution in [0, 0.1) is 6.92 Å². The minimum atomic E-state index is -4.04. The second-order valence-electron chi connectivity index (χ2n) is 8.42. The summed E-state index contributed by atoms with van der Waals surface area (Å²) in [5.41, 5.74) is 4.38. The second kappa shape index (κ2) is 8.96. The summed E-state index contributed by atoms with van der Waals surface area (Å²) in [5, 5.41) is 10.5. The standard InChI is InChI=1S/C24H29NO6S/c1-16-7-9-20-19(13-16)24(2,3)23(25(20)11-6-12-32(27,28)29)10-8-18-21(26)14-17(30-4)15-22(18)31-5/h7-10,13-15H,6,11-12H2,1-5H3,(H,27,28,29)/p+1. The lowest BCUT2D eigenvalue weighted by Crippen LogP contribution is -2.28. The van der Waals surface area contributed by atoms with Crippen LogP contribution in [0.1, 0.15) is 37.0 Å². The highest BCUT2D eigenvalue weighted by molar-refractivity contribution is 7.85. The van der Waals surface area contributed by atoms with Crippen LogP contribution >= 0.6 is 0 Å². The van der Waals surface area contributed by atoms with Crippen LogP contribution < -0.4 is 9.47 Å². The molecule has 2 aromatic rings. The monoisotopic (exact) mass is 460 g/mol. The number of ether oxygens (including phenoxy) is 2. The maximum Gasteiger partial charge on any atom is 0.265 e. The van der Waals surface area contributed by atoms with Crippen molar-refractivity contribution in [3.63, 3.8) is 0 Å². The van der Waals surface area contributed by atoms with E-state index in [4.69, 9.17) is 14.0 Å². The molecule has 2 N–H and O–H groups in total. The first-order chi connectivity index (χ1) is 15.0. The molecule has 0 fully saturated rings. The Bertz CT molecular complexity index is 1200. The molecule has 1 aliphatic rings. The fourth-order valence-corrected chi connectivity index (χ4v) is 4.63. The van der Waals surface area contributed by atoms with Crippen LogP contribution in [-0.4, -0.2) is 54.9 Å². The average Bonchev–Trinajstić information content (AvgIpc) is 2.91. The number of hydrogen-bond donors (Lipinski definition) is 2. The molecule has 1 heterocycles. The normalized spacial score (nSPS) is 15.3. The highest BCUT2D eigenvalue weighted by atomic mass is 32.2. The van der Waals surface area contributed by atoms with E-state index >= 15 is 0 Å². The van der Waals surface area contributed by atoms with Crippen LogP contribution in [0.5, 0.6) is 17.2 Å². The van der Waals surface area contributed by atoms with Crippen LogP contribution in [0.15, 0.2) is 36.4 Å². The first-order valence-corrected chi connectivity index (χ1v) is 11.9. The van der Waals surface area contributed by atoms with Gasteiger partial charge in [0, 0.05) is 36.3 Å². The van der Waals surface area contributed by atoms with E-state index in [1.54, 1.807) is 12.1 Å². The predicted molar refractivity (Wildman–Crippen MR) is 125 cm³/mol. The summed E-state index contributed by atoms with van der Waals surface area (Å²) in [6.07, 6.45) is 3.99. The van der Waals surface area contributed by atoms with Crippen molar-refractivity contribution < 1.29 is 32.1 Å². The highest BCUT2D eigenvalue weighted by Gasteiger charge is 2.44. The third-order valence-corrected chi connectivity index (χ3v) is 6.59. The van der Waals surface area contributed by atoms with Gasteiger partial charge < -0.3 is 14.6 Å². The quantitative estimate of drug-likeness (QED) is 0.455. The number of nitrogens with zero attached hydrogens (tertiary/aromatic N) is 1. The molecule has 2 aromatic carbocycles. The summed E-state index contributed by atoms with van der Waals surface area (Å²) >= 11 is 0. The van der Waals surface area contributed by atoms with E-state index in [-0.39, 0.29) is 23.3 Å². The number of methoxy groups -OCH3 is 2. The molecule has 0 saturated heterocycles. The molecule has 1 aliphatic heterocycles. The minimum absolute atomic E-state index is 0.0279. The molecule has 0 amide bonds. The number of aromatic hydroxyl groups is 1. The van der Waals surface area contributed by atoms with E-state index < -0.39 is 10.1 Å². The maximum atomic E-state index is 11.2. The van der Waals surface area contributed by atoms with Crippen molar-refractivity contribution in [3.8, 4) is 17.2 Å². The molecule has 0 aliphatic carbocycles. The third kappa shape index (κ3) is 4.81. The van der Waals surface area contributed by atoms with Gasteiger partial charge in [-0.25, -0.2) is 0 Å². The number of phenolic OH excluding ortho intramolecular Hbond substituents is 1. The van der Waals surface area contributed by atoms with Crippen molar-refractivity contribution in [2.75, 3.05) is 26.5 Å². The van der Waals surface area contributed by atoms with Crippen LogP contribution in [-0.2, 0) is 15.5 Å². The van der Waals surface area contributed by atoms with Gasteiger partial charge in [-0.15, -0.1) is 0 Å². The molecule has 32 heavy (non-hydrogen) atoms. The molecule has 7 nitrogen and oxygen atoms in total. The van der Waals surface area contributed by atoms with Crippen LogP contribution in [0.2, 0.25) is 0 Å². The van der Waals surface area contributed by atoms with Crippen LogP contribution in [0.25, 0.3) is 6.08 Å². The Morgan fingerprint density at radius 3 is 2.44 bits per heavy atom. The van der Waals surface area contributed by atoms with E-state index in [2.05, 4.69) is 24.5 Å². The Kier molecular flexibility index (Phi) is 6.67. The molecule has 0 atom stereocenters. The molecule has 0 aromatic heterocycles. The maximum absolute atomic E-state index is 11.2.